The third kappa shape index (κ3) is 2.69. The van der Waals surface area contributed by atoms with Gasteiger partial charge in [-0.2, -0.15) is 0 Å². The molecule has 0 spiro atoms. The van der Waals surface area contributed by atoms with Crippen molar-refractivity contribution < 1.29 is 4.79 Å². The maximum Gasteiger partial charge on any atom is 0.228 e. The second-order valence-corrected chi connectivity index (χ2v) is 7.67. The molecule has 0 radical (unpaired) electrons. The molecule has 1 aromatic heterocycles. The number of carbonyl (C=O) groups excluding carboxylic acids is 1. The first-order valence-electron chi connectivity index (χ1n) is 9.44. The van der Waals surface area contributed by atoms with Crippen molar-refractivity contribution in [1.82, 2.24) is 9.88 Å². The van der Waals surface area contributed by atoms with Gasteiger partial charge in [0, 0.05) is 38.4 Å². The molecule has 2 saturated carbocycles. The van der Waals surface area contributed by atoms with Gasteiger partial charge < -0.3 is 10.6 Å². The maximum absolute atomic E-state index is 11.8. The molecule has 0 unspecified atom stereocenters. The average Bonchev–Trinajstić information content (AvgIpc) is 3.09. The molecule has 0 bridgehead atoms. The quantitative estimate of drug-likeness (QED) is 0.919. The predicted molar refractivity (Wildman–Crippen MR) is 95.0 cm³/mol. The highest BCUT2D eigenvalue weighted by molar-refractivity contribution is 5.87. The lowest BCUT2D eigenvalue weighted by atomic mass is 9.64. The van der Waals surface area contributed by atoms with E-state index in [1.807, 2.05) is 6.20 Å². The Morgan fingerprint density at radius 2 is 1.79 bits per heavy atom. The van der Waals surface area contributed by atoms with Gasteiger partial charge in [0.25, 0.3) is 0 Å². The van der Waals surface area contributed by atoms with E-state index < -0.39 is 5.41 Å². The van der Waals surface area contributed by atoms with Crippen LogP contribution < -0.4 is 10.6 Å². The van der Waals surface area contributed by atoms with Crippen molar-refractivity contribution in [2.24, 2.45) is 5.73 Å². The number of amides is 1. The van der Waals surface area contributed by atoms with Crippen LogP contribution in [0.5, 0.6) is 0 Å². The first-order valence-corrected chi connectivity index (χ1v) is 9.44. The van der Waals surface area contributed by atoms with Crippen LogP contribution in [0.15, 0.2) is 18.3 Å². The van der Waals surface area contributed by atoms with Gasteiger partial charge in [0.05, 0.1) is 5.41 Å². The van der Waals surface area contributed by atoms with Crippen LogP contribution in [0.25, 0.3) is 0 Å². The summed E-state index contributed by atoms with van der Waals surface area (Å²) in [5, 5.41) is 0. The minimum Gasteiger partial charge on any atom is -0.369 e. The summed E-state index contributed by atoms with van der Waals surface area (Å²) >= 11 is 0. The smallest absolute Gasteiger partial charge is 0.228 e. The maximum atomic E-state index is 11.8. The van der Waals surface area contributed by atoms with E-state index in [9.17, 15) is 4.79 Å². The zero-order valence-electron chi connectivity index (χ0n) is 14.4. The zero-order chi connectivity index (χ0) is 16.6. The molecule has 24 heavy (non-hydrogen) atoms. The predicted octanol–water partition coefficient (Wildman–Crippen LogP) is 2.05. The molecule has 4 rings (SSSR count). The van der Waals surface area contributed by atoms with Crippen LogP contribution in [0.1, 0.15) is 50.5 Å². The molecule has 5 nitrogen and oxygen atoms in total. The summed E-state index contributed by atoms with van der Waals surface area (Å²) < 4.78 is 0. The Balaban J connectivity index is 1.40. The van der Waals surface area contributed by atoms with E-state index in [0.717, 1.165) is 62.9 Å². The van der Waals surface area contributed by atoms with Gasteiger partial charge in [0.2, 0.25) is 5.91 Å². The molecule has 2 heterocycles. The van der Waals surface area contributed by atoms with Gasteiger partial charge in [0.15, 0.2) is 0 Å². The van der Waals surface area contributed by atoms with Crippen LogP contribution in [0.3, 0.4) is 0 Å². The molecular weight excluding hydrogens is 300 g/mol. The summed E-state index contributed by atoms with van der Waals surface area (Å²) in [6.45, 7) is 4.37. The van der Waals surface area contributed by atoms with E-state index in [4.69, 9.17) is 5.73 Å². The fourth-order valence-electron chi connectivity index (χ4n) is 4.65. The lowest BCUT2D eigenvalue weighted by molar-refractivity contribution is -0.126. The highest BCUT2D eigenvalue weighted by Crippen LogP contribution is 2.43. The first-order chi connectivity index (χ1) is 11.7. The molecular formula is C19H28N4O. The molecule has 2 aliphatic carbocycles. The van der Waals surface area contributed by atoms with Gasteiger partial charge >= 0.3 is 0 Å². The van der Waals surface area contributed by atoms with Crippen LogP contribution in [-0.2, 0) is 10.2 Å². The van der Waals surface area contributed by atoms with Crippen LogP contribution in [0, 0.1) is 0 Å². The van der Waals surface area contributed by atoms with E-state index in [1.54, 1.807) is 0 Å². The number of hydrogen-bond acceptors (Lipinski definition) is 4. The van der Waals surface area contributed by atoms with Crippen LogP contribution in [0.4, 0.5) is 5.82 Å². The standard InChI is InChI=1S/C19H28N4O/c20-18(24)19(8-3-9-19)15-6-7-17(21-14-15)23-12-10-22(11-13-23)16-4-1-2-5-16/h6-7,14,16H,1-5,8-13H2,(H2,20,24). The second kappa shape index (κ2) is 6.36. The van der Waals surface area contributed by atoms with E-state index >= 15 is 0 Å². The van der Waals surface area contributed by atoms with Crippen molar-refractivity contribution in [3.05, 3.63) is 23.9 Å². The number of rotatable bonds is 4. The van der Waals surface area contributed by atoms with Crippen molar-refractivity contribution >= 4 is 11.7 Å². The Bertz CT molecular complexity index is 582. The average molecular weight is 328 g/mol. The Morgan fingerprint density at radius 3 is 2.29 bits per heavy atom. The molecule has 5 heteroatoms. The minimum atomic E-state index is -0.452. The normalized spacial score (nSPS) is 24.8. The van der Waals surface area contributed by atoms with E-state index in [2.05, 4.69) is 26.9 Å². The molecule has 1 saturated heterocycles. The number of nitrogens with zero attached hydrogens (tertiary/aromatic N) is 3. The fraction of sp³-hybridized carbons (Fsp3) is 0.684. The van der Waals surface area contributed by atoms with Gasteiger partial charge in [-0.15, -0.1) is 0 Å². The molecule has 1 aliphatic heterocycles. The third-order valence-corrected chi connectivity index (χ3v) is 6.46. The molecule has 130 valence electrons. The summed E-state index contributed by atoms with van der Waals surface area (Å²) in [7, 11) is 0. The van der Waals surface area contributed by atoms with E-state index in [1.165, 1.54) is 25.7 Å². The number of primary amides is 1. The Hall–Kier alpha value is -1.62. The summed E-state index contributed by atoms with van der Waals surface area (Å²) in [4.78, 5) is 21.5. The molecule has 3 aliphatic rings. The molecule has 1 aromatic rings. The number of hydrogen-bond donors (Lipinski definition) is 1. The number of pyridine rings is 1. The first kappa shape index (κ1) is 15.9. The molecule has 2 N–H and O–H groups in total. The summed E-state index contributed by atoms with van der Waals surface area (Å²) in [6, 6.07) is 4.95. The lowest BCUT2D eigenvalue weighted by Crippen LogP contribution is -2.50. The fourth-order valence-corrected chi connectivity index (χ4v) is 4.65. The van der Waals surface area contributed by atoms with Crippen molar-refractivity contribution in [2.45, 2.75) is 56.4 Å². The number of anilines is 1. The Labute approximate surface area is 144 Å². The van der Waals surface area contributed by atoms with Gasteiger partial charge in [-0.05, 0) is 37.3 Å². The minimum absolute atomic E-state index is 0.200. The van der Waals surface area contributed by atoms with E-state index in [0.29, 0.717) is 0 Å². The third-order valence-electron chi connectivity index (χ3n) is 6.46. The largest absolute Gasteiger partial charge is 0.369 e. The number of nitrogens with two attached hydrogens (primary N) is 1. The van der Waals surface area contributed by atoms with Crippen molar-refractivity contribution in [2.75, 3.05) is 31.1 Å². The molecule has 0 aromatic carbocycles. The van der Waals surface area contributed by atoms with Gasteiger partial charge in [-0.25, -0.2) is 4.98 Å². The second-order valence-electron chi connectivity index (χ2n) is 7.67. The Kier molecular flexibility index (Phi) is 4.21. The highest BCUT2D eigenvalue weighted by Gasteiger charge is 2.44. The summed E-state index contributed by atoms with van der Waals surface area (Å²) in [6.07, 6.45) is 10.2. The van der Waals surface area contributed by atoms with Crippen LogP contribution in [-0.4, -0.2) is 48.0 Å². The van der Waals surface area contributed by atoms with Crippen LogP contribution in [0.2, 0.25) is 0 Å². The molecule has 1 amide bonds. The highest BCUT2D eigenvalue weighted by atomic mass is 16.1. The molecule has 3 fully saturated rings. The topological polar surface area (TPSA) is 62.5 Å². The number of carbonyl (C=O) groups is 1. The summed E-state index contributed by atoms with van der Waals surface area (Å²) in [5.41, 5.74) is 6.18. The van der Waals surface area contributed by atoms with E-state index in [-0.39, 0.29) is 5.91 Å². The number of piperazine rings is 1. The zero-order valence-corrected chi connectivity index (χ0v) is 14.4. The Morgan fingerprint density at radius 1 is 1.08 bits per heavy atom. The van der Waals surface area contributed by atoms with Gasteiger partial charge in [-0.1, -0.05) is 25.3 Å². The monoisotopic (exact) mass is 328 g/mol. The lowest BCUT2D eigenvalue weighted by Gasteiger charge is -2.40. The van der Waals surface area contributed by atoms with Crippen molar-refractivity contribution in [3.63, 3.8) is 0 Å². The van der Waals surface area contributed by atoms with Gasteiger partial charge in [-0.3, -0.25) is 9.69 Å². The van der Waals surface area contributed by atoms with Gasteiger partial charge in [0.1, 0.15) is 5.82 Å². The number of aromatic nitrogens is 1. The van der Waals surface area contributed by atoms with Crippen molar-refractivity contribution in [3.8, 4) is 0 Å². The SMILES string of the molecule is NC(=O)C1(c2ccc(N3CCN(C4CCCC4)CC3)nc2)CCC1. The van der Waals surface area contributed by atoms with Crippen molar-refractivity contribution in [1.29, 1.82) is 0 Å². The molecule has 0 atom stereocenters. The van der Waals surface area contributed by atoms with Crippen LogP contribution >= 0.6 is 0 Å². The summed E-state index contributed by atoms with van der Waals surface area (Å²) in [5.74, 6) is 0.831.